The van der Waals surface area contributed by atoms with Gasteiger partial charge in [0.25, 0.3) is 5.56 Å². The summed E-state index contributed by atoms with van der Waals surface area (Å²) in [6, 6.07) is 16.9. The zero-order valence-electron chi connectivity index (χ0n) is 13.8. The minimum atomic E-state index is -0.444. The molecule has 6 heteroatoms. The molecule has 126 valence electrons. The van der Waals surface area contributed by atoms with Crippen molar-refractivity contribution in [3.63, 3.8) is 0 Å². The lowest BCUT2D eigenvalue weighted by molar-refractivity contribution is 0.101. The fourth-order valence-electron chi connectivity index (χ4n) is 2.85. The average Bonchev–Trinajstić information content (AvgIpc) is 2.67. The normalized spacial score (nSPS) is 11.0. The summed E-state index contributed by atoms with van der Waals surface area (Å²) in [5.74, 6) is -0.605. The van der Waals surface area contributed by atoms with Crippen LogP contribution >= 0.6 is 0 Å². The summed E-state index contributed by atoms with van der Waals surface area (Å²) in [4.78, 5) is 41.4. The molecule has 0 fully saturated rings. The second-order valence-corrected chi connectivity index (χ2v) is 5.86. The minimum absolute atomic E-state index is 0.132. The molecule has 0 saturated heterocycles. The molecule has 0 aliphatic rings. The van der Waals surface area contributed by atoms with E-state index in [1.165, 1.54) is 17.5 Å². The summed E-state index contributed by atoms with van der Waals surface area (Å²) >= 11 is 0. The van der Waals surface area contributed by atoms with E-state index in [2.05, 4.69) is 10.1 Å². The lowest BCUT2D eigenvalue weighted by Crippen LogP contribution is -2.18. The van der Waals surface area contributed by atoms with Crippen molar-refractivity contribution < 1.29 is 9.59 Å². The molecule has 4 rings (SSSR count). The van der Waals surface area contributed by atoms with E-state index in [1.807, 2.05) is 0 Å². The summed E-state index contributed by atoms with van der Waals surface area (Å²) in [6.07, 6.45) is 0. The average molecular weight is 343 g/mol. The van der Waals surface area contributed by atoms with Gasteiger partial charge in [-0.05, 0) is 18.2 Å². The predicted octanol–water partition coefficient (Wildman–Crippen LogP) is 2.68. The van der Waals surface area contributed by atoms with E-state index in [0.29, 0.717) is 16.5 Å². The molecule has 2 aromatic heterocycles. The molecule has 0 atom stereocenters. The molecule has 0 radical (unpaired) electrons. The zero-order chi connectivity index (χ0) is 18.3. The first-order valence-corrected chi connectivity index (χ1v) is 8.00. The van der Waals surface area contributed by atoms with Crippen LogP contribution in [0.25, 0.3) is 16.6 Å². The number of benzene rings is 2. The fraction of sp³-hybridized carbons (Fsp3) is 0.0500. The standard InChI is InChI=1S/C20H13N3O3/c1-12(24)16-11-15(18(25)13-7-3-2-4-8-13)19-21-20(26)14-9-5-6-10-17(14)23(19)22-16/h2-11H,1H3. The zero-order valence-corrected chi connectivity index (χ0v) is 13.8. The van der Waals surface area contributed by atoms with Crippen LogP contribution in [0.15, 0.2) is 65.5 Å². The molecule has 26 heavy (non-hydrogen) atoms. The number of Topliss-reactive ketones (excluding diaryl/α,β-unsaturated/α-hetero) is 1. The summed E-state index contributed by atoms with van der Waals surface area (Å²) < 4.78 is 1.39. The summed E-state index contributed by atoms with van der Waals surface area (Å²) in [7, 11) is 0. The van der Waals surface area contributed by atoms with E-state index in [-0.39, 0.29) is 28.5 Å². The van der Waals surface area contributed by atoms with Crippen LogP contribution in [0.1, 0.15) is 33.3 Å². The van der Waals surface area contributed by atoms with E-state index in [9.17, 15) is 14.4 Å². The Bertz CT molecular complexity index is 1240. The molecular formula is C20H13N3O3. The van der Waals surface area contributed by atoms with E-state index in [1.54, 1.807) is 54.6 Å². The van der Waals surface area contributed by atoms with Gasteiger partial charge in [-0.25, -0.2) is 4.52 Å². The highest BCUT2D eigenvalue weighted by atomic mass is 16.1. The maximum atomic E-state index is 13.0. The highest BCUT2D eigenvalue weighted by Gasteiger charge is 2.19. The second kappa shape index (κ2) is 6.00. The minimum Gasteiger partial charge on any atom is -0.293 e. The second-order valence-electron chi connectivity index (χ2n) is 5.86. The third-order valence-corrected chi connectivity index (χ3v) is 4.14. The van der Waals surface area contributed by atoms with Crippen molar-refractivity contribution in [1.82, 2.24) is 14.6 Å². The highest BCUT2D eigenvalue weighted by molar-refractivity contribution is 6.13. The number of aromatic nitrogens is 3. The van der Waals surface area contributed by atoms with Gasteiger partial charge in [-0.2, -0.15) is 10.1 Å². The first-order valence-electron chi connectivity index (χ1n) is 8.00. The monoisotopic (exact) mass is 343 g/mol. The van der Waals surface area contributed by atoms with Gasteiger partial charge in [-0.1, -0.05) is 42.5 Å². The van der Waals surface area contributed by atoms with Crippen molar-refractivity contribution >= 4 is 28.1 Å². The van der Waals surface area contributed by atoms with Crippen molar-refractivity contribution in [3.8, 4) is 0 Å². The fourth-order valence-corrected chi connectivity index (χ4v) is 2.85. The van der Waals surface area contributed by atoms with Crippen molar-refractivity contribution in [3.05, 3.63) is 87.8 Å². The van der Waals surface area contributed by atoms with Crippen molar-refractivity contribution in [2.24, 2.45) is 0 Å². The van der Waals surface area contributed by atoms with Gasteiger partial charge < -0.3 is 0 Å². The van der Waals surface area contributed by atoms with Crippen LogP contribution in [0.4, 0.5) is 0 Å². The molecule has 4 aromatic rings. The SMILES string of the molecule is CC(=O)c1cc(C(=O)c2ccccc2)c2nc(=O)c3ccccc3n2n1. The van der Waals surface area contributed by atoms with Gasteiger partial charge in [-0.15, -0.1) is 0 Å². The maximum absolute atomic E-state index is 13.0. The van der Waals surface area contributed by atoms with Gasteiger partial charge in [-0.3, -0.25) is 14.4 Å². The number of para-hydroxylation sites is 1. The van der Waals surface area contributed by atoms with Crippen LogP contribution in [0.5, 0.6) is 0 Å². The Morgan fingerprint density at radius 2 is 1.65 bits per heavy atom. The summed E-state index contributed by atoms with van der Waals surface area (Å²) in [5, 5.41) is 4.67. The first-order chi connectivity index (χ1) is 12.6. The molecular weight excluding hydrogens is 330 g/mol. The van der Waals surface area contributed by atoms with Gasteiger partial charge in [0.05, 0.1) is 16.5 Å². The number of rotatable bonds is 3. The molecule has 0 saturated carbocycles. The lowest BCUT2D eigenvalue weighted by atomic mass is 10.0. The molecule has 0 amide bonds. The first kappa shape index (κ1) is 15.8. The van der Waals surface area contributed by atoms with Gasteiger partial charge in [0.2, 0.25) is 0 Å². The van der Waals surface area contributed by atoms with Gasteiger partial charge in [0, 0.05) is 12.5 Å². The molecule has 0 bridgehead atoms. The Balaban J connectivity index is 2.14. The van der Waals surface area contributed by atoms with Crippen LogP contribution in [0.3, 0.4) is 0 Å². The smallest absolute Gasteiger partial charge is 0.281 e. The number of hydrogen-bond donors (Lipinski definition) is 0. The molecule has 0 unspecified atom stereocenters. The Labute approximate surface area is 147 Å². The molecule has 0 aliphatic heterocycles. The van der Waals surface area contributed by atoms with E-state index in [0.717, 1.165) is 0 Å². The Hall–Kier alpha value is -3.67. The summed E-state index contributed by atoms with van der Waals surface area (Å²) in [5.41, 5.74) is 0.921. The molecule has 2 aromatic carbocycles. The van der Waals surface area contributed by atoms with E-state index >= 15 is 0 Å². The van der Waals surface area contributed by atoms with Gasteiger partial charge in [0.1, 0.15) is 5.69 Å². The number of carbonyl (C=O) groups excluding carboxylic acids is 2. The number of fused-ring (bicyclic) bond motifs is 3. The molecule has 6 nitrogen and oxygen atoms in total. The third-order valence-electron chi connectivity index (χ3n) is 4.14. The molecule has 0 spiro atoms. The third kappa shape index (κ3) is 2.48. The highest BCUT2D eigenvalue weighted by Crippen LogP contribution is 2.18. The topological polar surface area (TPSA) is 81.4 Å². The largest absolute Gasteiger partial charge is 0.293 e. The predicted molar refractivity (Wildman–Crippen MR) is 96.6 cm³/mol. The van der Waals surface area contributed by atoms with E-state index < -0.39 is 5.56 Å². The van der Waals surface area contributed by atoms with Crippen LogP contribution in [-0.2, 0) is 0 Å². The Kier molecular flexibility index (Phi) is 3.65. The van der Waals surface area contributed by atoms with Crippen LogP contribution < -0.4 is 5.56 Å². The quantitative estimate of drug-likeness (QED) is 0.422. The Morgan fingerprint density at radius 3 is 2.38 bits per heavy atom. The van der Waals surface area contributed by atoms with Crippen LogP contribution in [-0.4, -0.2) is 26.2 Å². The molecule has 0 aliphatic carbocycles. The lowest BCUT2D eigenvalue weighted by Gasteiger charge is -2.10. The molecule has 0 N–H and O–H groups in total. The van der Waals surface area contributed by atoms with Crippen LogP contribution in [0, 0.1) is 0 Å². The van der Waals surface area contributed by atoms with Crippen molar-refractivity contribution in [2.75, 3.05) is 0 Å². The number of ketones is 2. The molecule has 2 heterocycles. The summed E-state index contributed by atoms with van der Waals surface area (Å²) in [6.45, 7) is 1.38. The number of carbonyl (C=O) groups is 2. The van der Waals surface area contributed by atoms with Gasteiger partial charge in [0.15, 0.2) is 17.2 Å². The van der Waals surface area contributed by atoms with E-state index in [4.69, 9.17) is 0 Å². The van der Waals surface area contributed by atoms with Gasteiger partial charge >= 0.3 is 0 Å². The maximum Gasteiger partial charge on any atom is 0.281 e. The van der Waals surface area contributed by atoms with Crippen molar-refractivity contribution in [1.29, 1.82) is 0 Å². The van der Waals surface area contributed by atoms with Crippen LogP contribution in [0.2, 0.25) is 0 Å². The Morgan fingerprint density at radius 1 is 0.962 bits per heavy atom. The number of nitrogens with zero attached hydrogens (tertiary/aromatic N) is 3. The number of hydrogen-bond acceptors (Lipinski definition) is 5. The van der Waals surface area contributed by atoms with Crippen molar-refractivity contribution in [2.45, 2.75) is 6.92 Å².